The minimum atomic E-state index is -0.519. The van der Waals surface area contributed by atoms with Crippen molar-refractivity contribution in [2.75, 3.05) is 57.9 Å². The van der Waals surface area contributed by atoms with Gasteiger partial charge in [-0.25, -0.2) is 9.37 Å². The molecule has 2 aliphatic rings. The summed E-state index contributed by atoms with van der Waals surface area (Å²) in [6, 6.07) is 9.95. The third-order valence-corrected chi connectivity index (χ3v) is 7.56. The van der Waals surface area contributed by atoms with Crippen LogP contribution in [0.4, 0.5) is 10.1 Å². The van der Waals surface area contributed by atoms with Crippen LogP contribution in [0, 0.1) is 11.2 Å². The van der Waals surface area contributed by atoms with Gasteiger partial charge in [0.2, 0.25) is 5.91 Å². The first-order valence-electron chi connectivity index (χ1n) is 13.9. The maximum atomic E-state index is 14.2. The number of aromatic nitrogens is 2. The molecule has 40 heavy (non-hydrogen) atoms. The van der Waals surface area contributed by atoms with Crippen LogP contribution in [0.3, 0.4) is 0 Å². The highest BCUT2D eigenvalue weighted by molar-refractivity contribution is 5.84. The van der Waals surface area contributed by atoms with E-state index in [1.165, 1.54) is 29.9 Å². The average molecular weight is 552 g/mol. The number of carbonyl (C=O) groups excluding carboxylic acids is 1. The molecule has 0 spiro atoms. The van der Waals surface area contributed by atoms with Gasteiger partial charge in [0, 0.05) is 48.9 Å². The lowest BCUT2D eigenvalue weighted by atomic mass is 9.88. The molecule has 2 aliphatic heterocycles. The molecule has 9 nitrogen and oxygen atoms in total. The van der Waals surface area contributed by atoms with Gasteiger partial charge in [-0.3, -0.25) is 14.2 Å². The molecule has 1 aromatic heterocycles. The fourth-order valence-corrected chi connectivity index (χ4v) is 5.55. The van der Waals surface area contributed by atoms with E-state index in [1.54, 1.807) is 0 Å². The van der Waals surface area contributed by atoms with E-state index in [-0.39, 0.29) is 41.0 Å². The van der Waals surface area contributed by atoms with E-state index in [9.17, 15) is 14.0 Å². The Balaban J connectivity index is 1.49. The molecule has 0 unspecified atom stereocenters. The van der Waals surface area contributed by atoms with Gasteiger partial charge in [-0.15, -0.1) is 0 Å². The quantitative estimate of drug-likeness (QED) is 0.460. The van der Waals surface area contributed by atoms with Crippen molar-refractivity contribution in [1.29, 1.82) is 0 Å². The van der Waals surface area contributed by atoms with E-state index in [0.29, 0.717) is 16.5 Å². The number of anilines is 1. The van der Waals surface area contributed by atoms with E-state index < -0.39 is 5.82 Å². The van der Waals surface area contributed by atoms with Gasteiger partial charge in [-0.05, 0) is 63.2 Å². The molecule has 2 fully saturated rings. The van der Waals surface area contributed by atoms with Crippen LogP contribution in [-0.2, 0) is 16.1 Å². The van der Waals surface area contributed by atoms with Crippen molar-refractivity contribution >= 4 is 22.5 Å². The molecule has 214 valence electrons. The largest absolute Gasteiger partial charge is 0.494 e. The molecule has 2 saturated heterocycles. The molecule has 0 radical (unpaired) electrons. The third kappa shape index (κ3) is 5.97. The van der Waals surface area contributed by atoms with Crippen LogP contribution in [0.1, 0.15) is 27.2 Å². The van der Waals surface area contributed by atoms with Crippen molar-refractivity contribution in [2.24, 2.45) is 5.41 Å². The Hall–Kier alpha value is -3.50. The van der Waals surface area contributed by atoms with Gasteiger partial charge in [0.15, 0.2) is 11.6 Å². The van der Waals surface area contributed by atoms with Crippen LogP contribution in [0.5, 0.6) is 5.75 Å². The van der Waals surface area contributed by atoms with Crippen molar-refractivity contribution in [3.8, 4) is 17.1 Å². The summed E-state index contributed by atoms with van der Waals surface area (Å²) in [5.74, 6) is -0.507. The maximum Gasteiger partial charge on any atom is 0.262 e. The first kappa shape index (κ1) is 28.0. The van der Waals surface area contributed by atoms with E-state index in [0.717, 1.165) is 58.0 Å². The zero-order valence-corrected chi connectivity index (χ0v) is 23.7. The van der Waals surface area contributed by atoms with Crippen LogP contribution in [-0.4, -0.2) is 79.4 Å². The van der Waals surface area contributed by atoms with Crippen LogP contribution < -0.4 is 20.5 Å². The van der Waals surface area contributed by atoms with Gasteiger partial charge in [0.05, 0.1) is 31.2 Å². The molecule has 1 amide bonds. The Morgan fingerprint density at radius 2 is 1.95 bits per heavy atom. The minimum Gasteiger partial charge on any atom is -0.494 e. The number of hydrogen-bond acceptors (Lipinski definition) is 7. The minimum absolute atomic E-state index is 0.0365. The number of fused-ring (bicyclic) bond motifs is 1. The van der Waals surface area contributed by atoms with E-state index in [2.05, 4.69) is 22.0 Å². The number of halogens is 1. The van der Waals surface area contributed by atoms with Gasteiger partial charge in [-0.2, -0.15) is 0 Å². The molecule has 0 aliphatic carbocycles. The molecule has 0 saturated carbocycles. The highest BCUT2D eigenvalue weighted by atomic mass is 19.1. The standard InChI is InChI=1S/C30H38FN5O4/c1-20(2)32-27(37)16-36-28(21-6-8-24(31)26(14-21)39-4)33-25-9-7-22(15-23(25)29(36)38)35-11-5-10-34(12-13-35)17-30(3)18-40-19-30/h6-9,14-15,20H,5,10-13,16-19H2,1-4H3,(H,32,37). The van der Waals surface area contributed by atoms with Crippen molar-refractivity contribution in [2.45, 2.75) is 39.8 Å². The zero-order chi connectivity index (χ0) is 28.4. The Morgan fingerprint density at radius 3 is 2.65 bits per heavy atom. The Kier molecular flexibility index (Phi) is 8.09. The normalized spacial score (nSPS) is 17.5. The number of benzene rings is 2. The summed E-state index contributed by atoms with van der Waals surface area (Å²) in [5, 5.41) is 3.28. The lowest BCUT2D eigenvalue weighted by Crippen LogP contribution is -2.49. The topological polar surface area (TPSA) is 88.9 Å². The van der Waals surface area contributed by atoms with E-state index >= 15 is 0 Å². The fourth-order valence-electron chi connectivity index (χ4n) is 5.55. The number of hydrogen-bond donors (Lipinski definition) is 1. The van der Waals surface area contributed by atoms with Crippen LogP contribution in [0.15, 0.2) is 41.2 Å². The van der Waals surface area contributed by atoms with Crippen molar-refractivity contribution in [3.05, 3.63) is 52.6 Å². The van der Waals surface area contributed by atoms with Crippen LogP contribution >= 0.6 is 0 Å². The monoisotopic (exact) mass is 551 g/mol. The summed E-state index contributed by atoms with van der Waals surface area (Å²) in [6.45, 7) is 12.2. The molecule has 1 N–H and O–H groups in total. The summed E-state index contributed by atoms with van der Waals surface area (Å²) in [4.78, 5) is 36.3. The number of amides is 1. The molecule has 5 rings (SSSR count). The lowest BCUT2D eigenvalue weighted by molar-refractivity contribution is -0.122. The Labute approximate surface area is 233 Å². The lowest BCUT2D eigenvalue weighted by Gasteiger charge is -2.41. The summed E-state index contributed by atoms with van der Waals surface area (Å²) in [7, 11) is 1.38. The number of nitrogens with one attached hydrogen (secondary N) is 1. The number of carbonyl (C=O) groups is 1. The van der Waals surface area contributed by atoms with Crippen molar-refractivity contribution < 1.29 is 18.7 Å². The first-order chi connectivity index (χ1) is 19.2. The molecule has 3 heterocycles. The zero-order valence-electron chi connectivity index (χ0n) is 23.7. The Bertz CT molecular complexity index is 1450. The van der Waals surface area contributed by atoms with Crippen LogP contribution in [0.2, 0.25) is 0 Å². The first-order valence-corrected chi connectivity index (χ1v) is 13.9. The van der Waals surface area contributed by atoms with Gasteiger partial charge < -0.3 is 24.6 Å². The number of nitrogens with zero attached hydrogens (tertiary/aromatic N) is 4. The highest BCUT2D eigenvalue weighted by Gasteiger charge is 2.35. The average Bonchev–Trinajstić information content (AvgIpc) is 3.14. The van der Waals surface area contributed by atoms with Crippen molar-refractivity contribution in [3.63, 3.8) is 0 Å². The number of methoxy groups -OCH3 is 1. The fraction of sp³-hybridized carbons (Fsp3) is 0.500. The van der Waals surface area contributed by atoms with E-state index in [4.69, 9.17) is 14.5 Å². The number of rotatable bonds is 8. The summed E-state index contributed by atoms with van der Waals surface area (Å²) >= 11 is 0. The van der Waals surface area contributed by atoms with Crippen molar-refractivity contribution in [1.82, 2.24) is 19.8 Å². The van der Waals surface area contributed by atoms with E-state index in [1.807, 2.05) is 32.0 Å². The van der Waals surface area contributed by atoms with Gasteiger partial charge in [-0.1, -0.05) is 6.92 Å². The molecule has 10 heteroatoms. The smallest absolute Gasteiger partial charge is 0.262 e. The predicted molar refractivity (Wildman–Crippen MR) is 153 cm³/mol. The predicted octanol–water partition coefficient (Wildman–Crippen LogP) is 3.28. The number of ether oxygens (including phenoxy) is 2. The second-order valence-corrected chi connectivity index (χ2v) is 11.5. The highest BCUT2D eigenvalue weighted by Crippen LogP contribution is 2.29. The van der Waals surface area contributed by atoms with Gasteiger partial charge in [0.1, 0.15) is 12.4 Å². The molecule has 0 atom stereocenters. The maximum absolute atomic E-state index is 14.2. The van der Waals surface area contributed by atoms with Crippen LogP contribution in [0.25, 0.3) is 22.3 Å². The molecule has 2 aromatic carbocycles. The molecule has 0 bridgehead atoms. The summed E-state index contributed by atoms with van der Waals surface area (Å²) in [6.07, 6.45) is 1.03. The van der Waals surface area contributed by atoms with Gasteiger partial charge in [0.25, 0.3) is 5.56 Å². The third-order valence-electron chi connectivity index (χ3n) is 7.56. The second-order valence-electron chi connectivity index (χ2n) is 11.5. The molecule has 3 aromatic rings. The molecular formula is C30H38FN5O4. The summed E-state index contributed by atoms with van der Waals surface area (Å²) < 4.78 is 26.1. The second kappa shape index (κ2) is 11.5. The molecular weight excluding hydrogens is 513 g/mol. The Morgan fingerprint density at radius 1 is 1.15 bits per heavy atom. The van der Waals surface area contributed by atoms with Gasteiger partial charge >= 0.3 is 0 Å². The summed E-state index contributed by atoms with van der Waals surface area (Å²) in [5.41, 5.74) is 1.88. The SMILES string of the molecule is COc1cc(-c2nc3ccc(N4CCCN(CC5(C)COC5)CC4)cc3c(=O)n2CC(=O)NC(C)C)ccc1F.